The summed E-state index contributed by atoms with van der Waals surface area (Å²) in [5.74, 6) is 0.309. The van der Waals surface area contributed by atoms with Gasteiger partial charge in [-0.15, -0.1) is 0 Å². The van der Waals surface area contributed by atoms with Gasteiger partial charge in [-0.1, -0.05) is 12.1 Å². The van der Waals surface area contributed by atoms with Gasteiger partial charge in [0.25, 0.3) is 0 Å². The molecule has 28 heavy (non-hydrogen) atoms. The normalized spacial score (nSPS) is 24.6. The maximum atomic E-state index is 13.4. The molecule has 0 bridgehead atoms. The maximum absolute atomic E-state index is 13.4. The van der Waals surface area contributed by atoms with E-state index >= 15 is 0 Å². The lowest BCUT2D eigenvalue weighted by Gasteiger charge is -2.32. The molecule has 0 radical (unpaired) electrons. The highest BCUT2D eigenvalue weighted by Crippen LogP contribution is 2.36. The van der Waals surface area contributed by atoms with Gasteiger partial charge in [-0.05, 0) is 32.6 Å². The van der Waals surface area contributed by atoms with Crippen LogP contribution in [0.3, 0.4) is 0 Å². The van der Waals surface area contributed by atoms with Gasteiger partial charge in [0.1, 0.15) is 23.4 Å². The fourth-order valence-corrected chi connectivity index (χ4v) is 5.60. The van der Waals surface area contributed by atoms with Crippen LogP contribution in [0, 0.1) is 0 Å². The molecular weight excluding hydrogens is 382 g/mol. The molecule has 2 atom stereocenters. The molecule has 0 aromatic heterocycles. The summed E-state index contributed by atoms with van der Waals surface area (Å²) in [5, 5.41) is 0. The van der Waals surface area contributed by atoms with Crippen LogP contribution in [-0.2, 0) is 19.6 Å². The molecule has 2 aliphatic rings. The van der Waals surface area contributed by atoms with Crippen molar-refractivity contribution in [1.29, 1.82) is 0 Å². The van der Waals surface area contributed by atoms with Gasteiger partial charge in [0.15, 0.2) is 0 Å². The second-order valence-corrected chi connectivity index (χ2v) is 9.34. The molecule has 3 rings (SSSR count). The van der Waals surface area contributed by atoms with Gasteiger partial charge in [-0.2, -0.15) is 4.31 Å². The van der Waals surface area contributed by atoms with Crippen LogP contribution in [-0.4, -0.2) is 94.6 Å². The number of sulfonamides is 1. The summed E-state index contributed by atoms with van der Waals surface area (Å²) in [6, 6.07) is 6.49. The molecule has 8 nitrogen and oxygen atoms in total. The third-order valence-electron chi connectivity index (χ3n) is 5.28. The summed E-state index contributed by atoms with van der Waals surface area (Å²) >= 11 is 0. The highest BCUT2D eigenvalue weighted by Gasteiger charge is 2.43. The van der Waals surface area contributed by atoms with Crippen molar-refractivity contribution >= 4 is 15.9 Å². The minimum Gasteiger partial charge on any atom is -0.487 e. The molecule has 1 saturated heterocycles. The zero-order valence-corrected chi connectivity index (χ0v) is 17.5. The van der Waals surface area contributed by atoms with Gasteiger partial charge in [0, 0.05) is 39.7 Å². The van der Waals surface area contributed by atoms with Crippen LogP contribution in [0.25, 0.3) is 0 Å². The number of ether oxygens (including phenoxy) is 2. The predicted molar refractivity (Wildman–Crippen MR) is 105 cm³/mol. The average molecular weight is 412 g/mol. The van der Waals surface area contributed by atoms with Crippen molar-refractivity contribution in [3.63, 3.8) is 0 Å². The average Bonchev–Trinajstić information content (AvgIpc) is 2.89. The van der Waals surface area contributed by atoms with Crippen molar-refractivity contribution in [3.05, 3.63) is 24.3 Å². The number of likely N-dealkylation sites (tertiary alicyclic amines) is 1. The number of amides is 1. The standard InChI is InChI=1S/C19H29N3O5S/c1-20(2)12-13-22-15-8-10-21(19(23)14-26-3)11-9-16(15)27-17-6-4-5-7-18(17)28(22,24)25/h4-7,15-16H,8-14H2,1-3H3/t15-,16-/m0/s1. The van der Waals surface area contributed by atoms with E-state index in [2.05, 4.69) is 0 Å². The van der Waals surface area contributed by atoms with Crippen LogP contribution in [0.15, 0.2) is 29.2 Å². The Morgan fingerprint density at radius 2 is 1.96 bits per heavy atom. The van der Waals surface area contributed by atoms with Crippen molar-refractivity contribution < 1.29 is 22.7 Å². The largest absolute Gasteiger partial charge is 0.487 e. The number of hydrogen-bond acceptors (Lipinski definition) is 6. The second-order valence-electron chi connectivity index (χ2n) is 7.48. The number of methoxy groups -OCH3 is 1. The minimum absolute atomic E-state index is 0.0294. The SMILES string of the molecule is COCC(=O)N1CC[C@@H]2Oc3ccccc3S(=O)(=O)N(CCN(C)C)[C@H]2CC1. The predicted octanol–water partition coefficient (Wildman–Crippen LogP) is 0.637. The van der Waals surface area contributed by atoms with Gasteiger partial charge in [0.2, 0.25) is 15.9 Å². The van der Waals surface area contributed by atoms with Crippen molar-refractivity contribution in [2.75, 3.05) is 54.0 Å². The molecular formula is C19H29N3O5S. The lowest BCUT2D eigenvalue weighted by Crippen LogP contribution is -2.49. The van der Waals surface area contributed by atoms with Gasteiger partial charge in [0.05, 0.1) is 6.04 Å². The second kappa shape index (κ2) is 8.77. The molecule has 1 fully saturated rings. The third kappa shape index (κ3) is 4.32. The van der Waals surface area contributed by atoms with Gasteiger partial charge in [-0.3, -0.25) is 4.79 Å². The van der Waals surface area contributed by atoms with Crippen LogP contribution < -0.4 is 4.74 Å². The number of carbonyl (C=O) groups is 1. The molecule has 2 aliphatic heterocycles. The summed E-state index contributed by atoms with van der Waals surface area (Å²) in [7, 11) is 1.64. The van der Waals surface area contributed by atoms with Crippen molar-refractivity contribution in [2.45, 2.75) is 29.9 Å². The molecule has 156 valence electrons. The molecule has 9 heteroatoms. The zero-order valence-electron chi connectivity index (χ0n) is 16.7. The Balaban J connectivity index is 1.95. The summed E-state index contributed by atoms with van der Waals surface area (Å²) < 4.78 is 39.6. The monoisotopic (exact) mass is 411 g/mol. The van der Waals surface area contributed by atoms with Gasteiger partial charge in [-0.25, -0.2) is 8.42 Å². The van der Waals surface area contributed by atoms with Crippen LogP contribution in [0.1, 0.15) is 12.8 Å². The number of para-hydroxylation sites is 1. The number of fused-ring (bicyclic) bond motifs is 2. The first kappa shape index (κ1) is 21.0. The summed E-state index contributed by atoms with van der Waals surface area (Å²) in [5.41, 5.74) is 0. The number of nitrogens with zero attached hydrogens (tertiary/aromatic N) is 3. The molecule has 0 N–H and O–H groups in total. The Bertz CT molecular complexity index is 799. The number of hydrogen-bond donors (Lipinski definition) is 0. The molecule has 0 aliphatic carbocycles. The summed E-state index contributed by atoms with van der Waals surface area (Å²) in [6.45, 7) is 2.02. The molecule has 1 amide bonds. The zero-order chi connectivity index (χ0) is 20.3. The van der Waals surface area contributed by atoms with Gasteiger partial charge >= 0.3 is 0 Å². The van der Waals surface area contributed by atoms with Crippen molar-refractivity contribution in [1.82, 2.24) is 14.1 Å². The lowest BCUT2D eigenvalue weighted by atomic mass is 10.1. The topological polar surface area (TPSA) is 79.4 Å². The highest BCUT2D eigenvalue weighted by molar-refractivity contribution is 7.89. The molecule has 1 aromatic carbocycles. The Morgan fingerprint density at radius 1 is 1.25 bits per heavy atom. The lowest BCUT2D eigenvalue weighted by molar-refractivity contribution is -0.135. The Kier molecular flexibility index (Phi) is 6.59. The van der Waals surface area contributed by atoms with E-state index in [9.17, 15) is 13.2 Å². The van der Waals surface area contributed by atoms with Crippen LogP contribution >= 0.6 is 0 Å². The first-order chi connectivity index (χ1) is 13.3. The van der Waals surface area contributed by atoms with E-state index in [-0.39, 0.29) is 29.6 Å². The maximum Gasteiger partial charge on any atom is 0.248 e. The van der Waals surface area contributed by atoms with E-state index in [0.29, 0.717) is 44.8 Å². The van der Waals surface area contributed by atoms with Crippen molar-refractivity contribution in [3.8, 4) is 5.75 Å². The minimum atomic E-state index is -3.70. The number of benzene rings is 1. The first-order valence-corrected chi connectivity index (χ1v) is 11.0. The van der Waals surface area contributed by atoms with E-state index in [1.165, 1.54) is 7.11 Å². The Morgan fingerprint density at radius 3 is 2.68 bits per heavy atom. The van der Waals surface area contributed by atoms with Crippen LogP contribution in [0.4, 0.5) is 0 Å². The molecule has 1 aromatic rings. The molecule has 2 heterocycles. The Hall–Kier alpha value is -1.68. The van der Waals surface area contributed by atoms with Crippen LogP contribution in [0.5, 0.6) is 5.75 Å². The summed E-state index contributed by atoms with van der Waals surface area (Å²) in [4.78, 5) is 16.2. The smallest absolute Gasteiger partial charge is 0.248 e. The summed E-state index contributed by atoms with van der Waals surface area (Å²) in [6.07, 6.45) is 0.796. The van der Waals surface area contributed by atoms with Crippen LogP contribution in [0.2, 0.25) is 0 Å². The van der Waals surface area contributed by atoms with Gasteiger partial charge < -0.3 is 19.3 Å². The number of likely N-dealkylation sites (N-methyl/N-ethyl adjacent to an activating group) is 1. The first-order valence-electron chi connectivity index (χ1n) is 9.53. The quantitative estimate of drug-likeness (QED) is 0.707. The number of carbonyl (C=O) groups excluding carboxylic acids is 1. The third-order valence-corrected chi connectivity index (χ3v) is 7.24. The van der Waals surface area contributed by atoms with E-state index in [4.69, 9.17) is 9.47 Å². The molecule has 0 unspecified atom stereocenters. The number of rotatable bonds is 5. The fraction of sp³-hybridized carbons (Fsp3) is 0.632. The molecule has 0 saturated carbocycles. The highest BCUT2D eigenvalue weighted by atomic mass is 32.2. The molecule has 0 spiro atoms. The van der Waals surface area contributed by atoms with Crippen molar-refractivity contribution in [2.24, 2.45) is 0 Å². The van der Waals surface area contributed by atoms with E-state index < -0.39 is 10.0 Å². The Labute approximate surface area is 167 Å². The van der Waals surface area contributed by atoms with E-state index in [1.807, 2.05) is 19.0 Å². The van der Waals surface area contributed by atoms with E-state index in [0.717, 1.165) is 0 Å². The van der Waals surface area contributed by atoms with E-state index in [1.54, 1.807) is 33.5 Å². The fourth-order valence-electron chi connectivity index (χ4n) is 3.81.